The lowest BCUT2D eigenvalue weighted by Crippen LogP contribution is -2.25. The van der Waals surface area contributed by atoms with Gasteiger partial charge in [0.25, 0.3) is 5.91 Å². The van der Waals surface area contributed by atoms with Crippen LogP contribution in [0.1, 0.15) is 21.5 Å². The van der Waals surface area contributed by atoms with Crippen molar-refractivity contribution in [3.63, 3.8) is 0 Å². The highest BCUT2D eigenvalue weighted by Crippen LogP contribution is 2.11. The molecule has 0 heterocycles. The Balaban J connectivity index is 1.87. The summed E-state index contributed by atoms with van der Waals surface area (Å²) in [6.07, 6.45) is 1.07. The van der Waals surface area contributed by atoms with E-state index in [4.69, 9.17) is 10.00 Å². The molecule has 1 N–H and O–H groups in total. The first-order valence-corrected chi connectivity index (χ1v) is 7.10. The lowest BCUT2D eigenvalue weighted by atomic mass is 10.1. The molecule has 0 bridgehead atoms. The number of benzene rings is 2. The molecule has 0 aliphatic carbocycles. The summed E-state index contributed by atoms with van der Waals surface area (Å²) in [4.78, 5) is 12.1. The molecule has 0 saturated carbocycles. The number of rotatable bonds is 6. The molecule has 2 aromatic carbocycles. The summed E-state index contributed by atoms with van der Waals surface area (Å²) < 4.78 is 5.11. The molecule has 22 heavy (non-hydrogen) atoms. The van der Waals surface area contributed by atoms with Crippen LogP contribution < -0.4 is 10.1 Å². The third kappa shape index (κ3) is 4.35. The predicted octanol–water partition coefficient (Wildman–Crippen LogP) is 2.73. The molecule has 2 rings (SSSR count). The Morgan fingerprint density at radius 1 is 1.18 bits per heavy atom. The van der Waals surface area contributed by atoms with Gasteiger partial charge in [-0.2, -0.15) is 5.26 Å². The molecular weight excluding hydrogens is 276 g/mol. The maximum absolute atomic E-state index is 12.1. The molecule has 0 aliphatic rings. The van der Waals surface area contributed by atoms with E-state index in [1.54, 1.807) is 25.3 Å². The maximum Gasteiger partial charge on any atom is 0.251 e. The van der Waals surface area contributed by atoms with Crippen molar-refractivity contribution in [1.29, 1.82) is 5.26 Å². The molecule has 0 spiro atoms. The van der Waals surface area contributed by atoms with Crippen molar-refractivity contribution < 1.29 is 9.53 Å². The zero-order chi connectivity index (χ0) is 15.8. The average Bonchev–Trinajstić information content (AvgIpc) is 2.56. The zero-order valence-electron chi connectivity index (χ0n) is 12.5. The molecule has 4 nitrogen and oxygen atoms in total. The molecule has 0 aromatic heterocycles. The van der Waals surface area contributed by atoms with Gasteiger partial charge in [-0.05, 0) is 41.8 Å². The van der Waals surface area contributed by atoms with E-state index in [1.165, 1.54) is 0 Å². The second-order valence-electron chi connectivity index (χ2n) is 4.89. The summed E-state index contributed by atoms with van der Waals surface area (Å²) >= 11 is 0. The fraction of sp³-hybridized carbons (Fsp3) is 0.222. The Hall–Kier alpha value is -2.80. The Morgan fingerprint density at radius 2 is 1.95 bits per heavy atom. The highest BCUT2D eigenvalue weighted by molar-refractivity contribution is 5.94. The van der Waals surface area contributed by atoms with Crippen molar-refractivity contribution in [2.24, 2.45) is 0 Å². The van der Waals surface area contributed by atoms with E-state index in [9.17, 15) is 4.79 Å². The number of carbonyl (C=O) groups excluding carboxylic acids is 1. The number of nitrogens with one attached hydrogen (secondary N) is 1. The Bertz CT molecular complexity index is 672. The van der Waals surface area contributed by atoms with Gasteiger partial charge in [-0.3, -0.25) is 4.79 Å². The van der Waals surface area contributed by atoms with Gasteiger partial charge in [0.2, 0.25) is 0 Å². The van der Waals surface area contributed by atoms with Crippen LogP contribution in [0.5, 0.6) is 5.75 Å². The van der Waals surface area contributed by atoms with Crippen LogP contribution in [0.4, 0.5) is 0 Å². The van der Waals surface area contributed by atoms with Gasteiger partial charge in [0.1, 0.15) is 5.75 Å². The molecule has 0 aliphatic heterocycles. The van der Waals surface area contributed by atoms with Gasteiger partial charge in [-0.1, -0.05) is 24.3 Å². The molecule has 2 aromatic rings. The zero-order valence-corrected chi connectivity index (χ0v) is 12.5. The minimum Gasteiger partial charge on any atom is -0.497 e. The number of carbonyl (C=O) groups is 1. The lowest BCUT2D eigenvalue weighted by Gasteiger charge is -2.07. The fourth-order valence-electron chi connectivity index (χ4n) is 2.13. The molecule has 0 radical (unpaired) electrons. The summed E-state index contributed by atoms with van der Waals surface area (Å²) in [5.74, 6) is 0.704. The van der Waals surface area contributed by atoms with Gasteiger partial charge in [0, 0.05) is 12.1 Å². The molecule has 1 amide bonds. The molecule has 0 unspecified atom stereocenters. The van der Waals surface area contributed by atoms with Crippen molar-refractivity contribution in [1.82, 2.24) is 5.32 Å². The molecule has 0 saturated heterocycles. The molecular formula is C18H18N2O2. The van der Waals surface area contributed by atoms with Crippen LogP contribution in [0.15, 0.2) is 48.5 Å². The van der Waals surface area contributed by atoms with E-state index >= 15 is 0 Å². The third-order valence-electron chi connectivity index (χ3n) is 3.33. The largest absolute Gasteiger partial charge is 0.497 e. The predicted molar refractivity (Wildman–Crippen MR) is 84.8 cm³/mol. The first-order chi connectivity index (χ1) is 10.7. The second kappa shape index (κ2) is 7.84. The Morgan fingerprint density at radius 3 is 2.64 bits per heavy atom. The number of hydrogen-bond donors (Lipinski definition) is 1. The summed E-state index contributed by atoms with van der Waals surface area (Å²) in [6.45, 7) is 0.563. The van der Waals surface area contributed by atoms with E-state index in [2.05, 4.69) is 11.4 Å². The highest BCUT2D eigenvalue weighted by Gasteiger charge is 2.05. The summed E-state index contributed by atoms with van der Waals surface area (Å²) in [5, 5.41) is 11.6. The average molecular weight is 294 g/mol. The van der Waals surface area contributed by atoms with E-state index in [1.807, 2.05) is 30.3 Å². The number of methoxy groups -OCH3 is 1. The van der Waals surface area contributed by atoms with Gasteiger partial charge in [0.05, 0.1) is 19.6 Å². The molecule has 4 heteroatoms. The number of ether oxygens (including phenoxy) is 1. The van der Waals surface area contributed by atoms with Crippen molar-refractivity contribution >= 4 is 5.91 Å². The molecule has 112 valence electrons. The molecule has 0 atom stereocenters. The van der Waals surface area contributed by atoms with Crippen molar-refractivity contribution in [3.8, 4) is 11.8 Å². The lowest BCUT2D eigenvalue weighted by molar-refractivity contribution is 0.0954. The van der Waals surface area contributed by atoms with Crippen LogP contribution in [-0.2, 0) is 12.8 Å². The first kappa shape index (κ1) is 15.6. The number of amides is 1. The normalized spacial score (nSPS) is 9.82. The number of nitriles is 1. The second-order valence-corrected chi connectivity index (χ2v) is 4.89. The maximum atomic E-state index is 12.1. The fourth-order valence-corrected chi connectivity index (χ4v) is 2.13. The van der Waals surface area contributed by atoms with E-state index < -0.39 is 0 Å². The Kier molecular flexibility index (Phi) is 5.56. The van der Waals surface area contributed by atoms with E-state index in [0.29, 0.717) is 18.5 Å². The number of hydrogen-bond acceptors (Lipinski definition) is 3. The topological polar surface area (TPSA) is 62.1 Å². The van der Waals surface area contributed by atoms with Crippen LogP contribution in [-0.4, -0.2) is 19.6 Å². The summed E-state index contributed by atoms with van der Waals surface area (Å²) in [6, 6.07) is 17.0. The molecule has 0 fully saturated rings. The van der Waals surface area contributed by atoms with Crippen LogP contribution in [0.3, 0.4) is 0 Å². The van der Waals surface area contributed by atoms with Crippen LogP contribution >= 0.6 is 0 Å². The summed E-state index contributed by atoms with van der Waals surface area (Å²) in [5.41, 5.74) is 2.58. The third-order valence-corrected chi connectivity index (χ3v) is 3.33. The Labute approximate surface area is 130 Å². The van der Waals surface area contributed by atoms with Crippen molar-refractivity contribution in [2.75, 3.05) is 13.7 Å². The standard InChI is InChI=1S/C18H18N2O2/c1-22-17-7-5-14(6-8-17)10-12-20-18(21)16-4-2-3-15(13-16)9-11-19/h2-8,13H,9-10,12H2,1H3,(H,20,21). The first-order valence-electron chi connectivity index (χ1n) is 7.10. The van der Waals surface area contributed by atoms with Gasteiger partial charge < -0.3 is 10.1 Å². The van der Waals surface area contributed by atoms with Crippen LogP contribution in [0.25, 0.3) is 0 Å². The van der Waals surface area contributed by atoms with Gasteiger partial charge in [0.15, 0.2) is 0 Å². The van der Waals surface area contributed by atoms with Crippen LogP contribution in [0.2, 0.25) is 0 Å². The van der Waals surface area contributed by atoms with Gasteiger partial charge in [-0.15, -0.1) is 0 Å². The van der Waals surface area contributed by atoms with Crippen molar-refractivity contribution in [3.05, 3.63) is 65.2 Å². The smallest absolute Gasteiger partial charge is 0.251 e. The number of nitrogens with zero attached hydrogens (tertiary/aromatic N) is 1. The van der Waals surface area contributed by atoms with Gasteiger partial charge >= 0.3 is 0 Å². The summed E-state index contributed by atoms with van der Waals surface area (Å²) in [7, 11) is 1.63. The minimum atomic E-state index is -0.117. The SMILES string of the molecule is COc1ccc(CCNC(=O)c2cccc(CC#N)c2)cc1. The van der Waals surface area contributed by atoms with Crippen molar-refractivity contribution in [2.45, 2.75) is 12.8 Å². The van der Waals surface area contributed by atoms with E-state index in [-0.39, 0.29) is 5.91 Å². The minimum absolute atomic E-state index is 0.117. The van der Waals surface area contributed by atoms with E-state index in [0.717, 1.165) is 23.3 Å². The quantitative estimate of drug-likeness (QED) is 0.891. The van der Waals surface area contributed by atoms with Gasteiger partial charge in [-0.25, -0.2) is 0 Å². The van der Waals surface area contributed by atoms with Crippen LogP contribution in [0, 0.1) is 11.3 Å². The monoisotopic (exact) mass is 294 g/mol. The highest BCUT2D eigenvalue weighted by atomic mass is 16.5.